The average molecular weight is 417 g/mol. The molecule has 0 aliphatic carbocycles. The lowest BCUT2D eigenvalue weighted by Gasteiger charge is -2.11. The van der Waals surface area contributed by atoms with Gasteiger partial charge < -0.3 is 4.18 Å². The number of nitriles is 1. The summed E-state index contributed by atoms with van der Waals surface area (Å²) in [5.41, 5.74) is -5.20. The third-order valence-corrected chi connectivity index (χ3v) is 3.98. The molecule has 0 fully saturated rings. The third-order valence-electron chi connectivity index (χ3n) is 3.01. The van der Waals surface area contributed by atoms with Gasteiger partial charge in [0.25, 0.3) is 0 Å². The van der Waals surface area contributed by atoms with Crippen molar-refractivity contribution in [1.29, 1.82) is 5.26 Å². The first-order chi connectivity index (χ1) is 13.2. The van der Waals surface area contributed by atoms with Crippen LogP contribution in [0.5, 0.6) is 5.75 Å². The molecule has 8 nitrogen and oxygen atoms in total. The van der Waals surface area contributed by atoms with Crippen LogP contribution in [0.3, 0.4) is 0 Å². The fourth-order valence-electron chi connectivity index (χ4n) is 1.96. The van der Waals surface area contributed by atoms with Crippen LogP contribution in [0.2, 0.25) is 0 Å². The van der Waals surface area contributed by atoms with Crippen LogP contribution in [0.1, 0.15) is 33.3 Å². The number of halogens is 3. The largest absolute Gasteiger partial charge is 0.534 e. The van der Waals surface area contributed by atoms with Gasteiger partial charge in [-0.3, -0.25) is 5.10 Å². The molecule has 28 heavy (non-hydrogen) atoms. The molecule has 0 saturated heterocycles. The molecule has 3 rings (SSSR count). The summed E-state index contributed by atoms with van der Waals surface area (Å²) in [5, 5.41) is 19.0. The molecule has 3 aromatic rings. The molecule has 0 aromatic carbocycles. The summed E-state index contributed by atoms with van der Waals surface area (Å²) >= 11 is 0. The molecule has 0 aliphatic heterocycles. The number of H-pyrrole nitrogens is 1. The maximum absolute atomic E-state index is 12.6. The normalized spacial score (nSPS) is 10.9. The highest BCUT2D eigenvalue weighted by Crippen LogP contribution is 2.33. The van der Waals surface area contributed by atoms with Crippen molar-refractivity contribution >= 4 is 15.6 Å². The molecule has 0 radical (unpaired) electrons. The van der Waals surface area contributed by atoms with Crippen LogP contribution in [-0.4, -0.2) is 33.7 Å². The summed E-state index contributed by atoms with van der Waals surface area (Å²) in [5.74, 6) is -0.667. The first-order valence-corrected chi connectivity index (χ1v) is 9.55. The van der Waals surface area contributed by atoms with Crippen LogP contribution in [0.4, 0.5) is 13.2 Å². The SMILES string of the molecule is CC.CC.N#Cc1cnn2cc(-c3cn[nH]c3)cc(OS(=O)(=O)C(F)(F)F)c12. The summed E-state index contributed by atoms with van der Waals surface area (Å²) in [6.45, 7) is 8.00. The zero-order valence-corrected chi connectivity index (χ0v) is 16.3. The number of hydrogen-bond acceptors (Lipinski definition) is 6. The molecule has 3 aromatic heterocycles. The van der Waals surface area contributed by atoms with Gasteiger partial charge in [-0.15, -0.1) is 0 Å². The summed E-state index contributed by atoms with van der Waals surface area (Å²) in [4.78, 5) is 0. The molecular formula is C16H18F3N5O3S. The topological polar surface area (TPSA) is 113 Å². The summed E-state index contributed by atoms with van der Waals surface area (Å²) in [7, 11) is -5.90. The highest BCUT2D eigenvalue weighted by Gasteiger charge is 2.49. The van der Waals surface area contributed by atoms with Gasteiger partial charge in [0, 0.05) is 23.5 Å². The molecule has 1 N–H and O–H groups in total. The summed E-state index contributed by atoms with van der Waals surface area (Å²) in [6.07, 6.45) is 5.30. The van der Waals surface area contributed by atoms with E-state index in [-0.39, 0.29) is 16.6 Å². The monoisotopic (exact) mass is 417 g/mol. The molecule has 0 unspecified atom stereocenters. The maximum atomic E-state index is 12.6. The van der Waals surface area contributed by atoms with Gasteiger partial charge in [-0.05, 0) is 6.07 Å². The van der Waals surface area contributed by atoms with Crippen molar-refractivity contribution in [2.24, 2.45) is 0 Å². The molecule has 12 heteroatoms. The number of aromatic nitrogens is 4. The second-order valence-electron chi connectivity index (χ2n) is 4.53. The van der Waals surface area contributed by atoms with E-state index >= 15 is 0 Å². The Morgan fingerprint density at radius 2 is 1.82 bits per heavy atom. The van der Waals surface area contributed by atoms with E-state index in [1.807, 2.05) is 27.7 Å². The predicted molar refractivity (Wildman–Crippen MR) is 95.8 cm³/mol. The number of hydrogen-bond donors (Lipinski definition) is 1. The van der Waals surface area contributed by atoms with Crippen LogP contribution in [0.15, 0.2) is 30.9 Å². The zero-order valence-electron chi connectivity index (χ0n) is 15.4. The van der Waals surface area contributed by atoms with E-state index in [1.165, 1.54) is 18.6 Å². The van der Waals surface area contributed by atoms with Crippen molar-refractivity contribution < 1.29 is 25.8 Å². The van der Waals surface area contributed by atoms with E-state index in [9.17, 15) is 21.6 Å². The average Bonchev–Trinajstić information content (AvgIpc) is 3.33. The van der Waals surface area contributed by atoms with Gasteiger partial charge in [0.2, 0.25) is 0 Å². The Labute approximate surface area is 159 Å². The molecule has 0 amide bonds. The fourth-order valence-corrected chi connectivity index (χ4v) is 2.42. The van der Waals surface area contributed by atoms with Gasteiger partial charge in [-0.1, -0.05) is 27.7 Å². The number of alkyl halides is 3. The van der Waals surface area contributed by atoms with Crippen LogP contribution < -0.4 is 4.18 Å². The number of nitrogens with zero attached hydrogens (tertiary/aromatic N) is 4. The number of nitrogens with one attached hydrogen (secondary N) is 1. The number of pyridine rings is 1. The lowest BCUT2D eigenvalue weighted by molar-refractivity contribution is -0.0499. The number of rotatable bonds is 3. The van der Waals surface area contributed by atoms with Crippen molar-refractivity contribution in [2.45, 2.75) is 33.2 Å². The van der Waals surface area contributed by atoms with Crippen LogP contribution in [0, 0.1) is 11.3 Å². The first kappa shape index (κ1) is 23.0. The van der Waals surface area contributed by atoms with E-state index in [0.29, 0.717) is 5.56 Å². The molecular weight excluding hydrogens is 399 g/mol. The second-order valence-corrected chi connectivity index (χ2v) is 6.06. The zero-order chi connectivity index (χ0) is 21.5. The van der Waals surface area contributed by atoms with Crippen molar-refractivity contribution in [3.05, 3.63) is 36.4 Å². The van der Waals surface area contributed by atoms with Gasteiger partial charge in [0.1, 0.15) is 17.1 Å². The van der Waals surface area contributed by atoms with Crippen molar-refractivity contribution in [1.82, 2.24) is 19.8 Å². The third kappa shape index (κ3) is 4.61. The van der Waals surface area contributed by atoms with Crippen LogP contribution in [-0.2, 0) is 10.1 Å². The minimum atomic E-state index is -5.90. The van der Waals surface area contributed by atoms with Crippen LogP contribution >= 0.6 is 0 Å². The van der Waals surface area contributed by atoms with E-state index < -0.39 is 21.4 Å². The van der Waals surface area contributed by atoms with Crippen molar-refractivity contribution in [3.63, 3.8) is 0 Å². The smallest absolute Gasteiger partial charge is 0.374 e. The predicted octanol–water partition coefficient (Wildman–Crippen LogP) is 3.88. The Morgan fingerprint density at radius 1 is 1.18 bits per heavy atom. The van der Waals surface area contributed by atoms with E-state index in [1.54, 1.807) is 6.07 Å². The van der Waals surface area contributed by atoms with Crippen molar-refractivity contribution in [2.75, 3.05) is 0 Å². The lowest BCUT2D eigenvalue weighted by atomic mass is 10.1. The maximum Gasteiger partial charge on any atom is 0.534 e. The minimum absolute atomic E-state index is 0.138. The Hall–Kier alpha value is -3.07. The number of fused-ring (bicyclic) bond motifs is 1. The van der Waals surface area contributed by atoms with Gasteiger partial charge in [-0.2, -0.15) is 37.0 Å². The Balaban J connectivity index is 0.000000921. The highest BCUT2D eigenvalue weighted by atomic mass is 32.2. The highest BCUT2D eigenvalue weighted by molar-refractivity contribution is 7.88. The Kier molecular flexibility index (Phi) is 7.57. The van der Waals surface area contributed by atoms with Gasteiger partial charge >= 0.3 is 15.6 Å². The summed E-state index contributed by atoms with van der Waals surface area (Å²) < 4.78 is 65.7. The minimum Gasteiger partial charge on any atom is -0.374 e. The Morgan fingerprint density at radius 3 is 2.32 bits per heavy atom. The molecule has 3 heterocycles. The standard InChI is InChI=1S/C12H6F3N5O3S.2C2H6/c13-12(14,15)24(21,22)23-10-1-7(9-3-17-18-4-9)6-20-11(10)8(2-16)5-19-20;2*1-2/h1,3-6H,(H,17,18);2*1-2H3. The molecule has 0 bridgehead atoms. The molecule has 0 saturated carbocycles. The van der Waals surface area contributed by atoms with Crippen LogP contribution in [0.25, 0.3) is 16.6 Å². The summed E-state index contributed by atoms with van der Waals surface area (Å²) in [6, 6.07) is 2.77. The number of aromatic amines is 1. The quantitative estimate of drug-likeness (QED) is 0.511. The van der Waals surface area contributed by atoms with Gasteiger partial charge in [0.05, 0.1) is 12.4 Å². The molecule has 152 valence electrons. The van der Waals surface area contributed by atoms with E-state index in [0.717, 1.165) is 16.8 Å². The second kappa shape index (κ2) is 9.23. The van der Waals surface area contributed by atoms with Gasteiger partial charge in [-0.25, -0.2) is 4.52 Å². The van der Waals surface area contributed by atoms with E-state index in [4.69, 9.17) is 5.26 Å². The lowest BCUT2D eigenvalue weighted by Crippen LogP contribution is -2.28. The van der Waals surface area contributed by atoms with E-state index in [2.05, 4.69) is 19.5 Å². The van der Waals surface area contributed by atoms with Crippen molar-refractivity contribution in [3.8, 4) is 22.9 Å². The fraction of sp³-hybridized carbons (Fsp3) is 0.312. The molecule has 0 spiro atoms. The van der Waals surface area contributed by atoms with Gasteiger partial charge in [0.15, 0.2) is 5.75 Å². The Bertz CT molecular complexity index is 1050. The molecule has 0 atom stereocenters. The first-order valence-electron chi connectivity index (χ1n) is 8.14. The molecule has 0 aliphatic rings.